The van der Waals surface area contributed by atoms with Gasteiger partial charge in [0.1, 0.15) is 10.5 Å². The number of rotatable bonds is 2. The van der Waals surface area contributed by atoms with Gasteiger partial charge in [-0.2, -0.15) is 9.61 Å². The van der Waals surface area contributed by atoms with Crippen molar-refractivity contribution in [2.24, 2.45) is 0 Å². The third kappa shape index (κ3) is 1.74. The van der Waals surface area contributed by atoms with Gasteiger partial charge >= 0.3 is 0 Å². The molecule has 2 heterocycles. The third-order valence-corrected chi connectivity index (χ3v) is 3.93. The van der Waals surface area contributed by atoms with Crippen LogP contribution >= 0.6 is 23.1 Å². The zero-order chi connectivity index (χ0) is 12.5. The van der Waals surface area contributed by atoms with Gasteiger partial charge in [-0.1, -0.05) is 41.7 Å². The number of nitrogens with zero attached hydrogens (tertiary/aromatic N) is 3. The summed E-state index contributed by atoms with van der Waals surface area (Å²) in [6, 6.07) is 9.58. The predicted molar refractivity (Wildman–Crippen MR) is 74.4 cm³/mol. The van der Waals surface area contributed by atoms with Crippen LogP contribution in [0.5, 0.6) is 0 Å². The van der Waals surface area contributed by atoms with Gasteiger partial charge in [-0.15, -0.1) is 11.8 Å². The van der Waals surface area contributed by atoms with E-state index in [-0.39, 0.29) is 5.56 Å². The molecule has 0 saturated heterocycles. The molecule has 18 heavy (non-hydrogen) atoms. The normalized spacial score (nSPS) is 10.9. The number of benzene rings is 1. The molecule has 0 saturated carbocycles. The smallest absolute Gasteiger partial charge is 0.266 e. The predicted octanol–water partition coefficient (Wildman–Crippen LogP) is 2.54. The zero-order valence-electron chi connectivity index (χ0n) is 9.53. The molecule has 1 aromatic carbocycles. The molecular weight excluding hydrogens is 266 g/mol. The SMILES string of the molecule is CSc1nc2scnn2c(=O)c1-c1ccccc1. The Morgan fingerprint density at radius 2 is 2.06 bits per heavy atom. The molecule has 0 bridgehead atoms. The van der Waals surface area contributed by atoms with E-state index in [1.165, 1.54) is 27.6 Å². The van der Waals surface area contributed by atoms with Gasteiger partial charge in [0.05, 0.1) is 5.56 Å². The Morgan fingerprint density at radius 1 is 1.28 bits per heavy atom. The van der Waals surface area contributed by atoms with Crippen molar-refractivity contribution >= 4 is 28.1 Å². The number of thioether (sulfide) groups is 1. The fourth-order valence-corrected chi connectivity index (χ4v) is 3.02. The average molecular weight is 275 g/mol. The molecule has 0 atom stereocenters. The first-order chi connectivity index (χ1) is 8.81. The Labute approximate surface area is 111 Å². The van der Waals surface area contributed by atoms with Crippen LogP contribution in [0.1, 0.15) is 0 Å². The van der Waals surface area contributed by atoms with Gasteiger partial charge in [0.25, 0.3) is 5.56 Å². The lowest BCUT2D eigenvalue weighted by Gasteiger charge is -2.05. The van der Waals surface area contributed by atoms with Gasteiger partial charge in [-0.3, -0.25) is 4.79 Å². The minimum absolute atomic E-state index is 0.114. The highest BCUT2D eigenvalue weighted by molar-refractivity contribution is 7.98. The van der Waals surface area contributed by atoms with E-state index in [2.05, 4.69) is 10.1 Å². The largest absolute Gasteiger partial charge is 0.284 e. The molecule has 6 heteroatoms. The van der Waals surface area contributed by atoms with E-state index in [4.69, 9.17) is 0 Å². The van der Waals surface area contributed by atoms with Gasteiger partial charge in [0.15, 0.2) is 0 Å². The highest BCUT2D eigenvalue weighted by Gasteiger charge is 2.15. The van der Waals surface area contributed by atoms with Crippen LogP contribution in [0.3, 0.4) is 0 Å². The van der Waals surface area contributed by atoms with Crippen LogP contribution < -0.4 is 5.56 Å². The van der Waals surface area contributed by atoms with Crippen molar-refractivity contribution in [2.45, 2.75) is 5.03 Å². The molecule has 0 aliphatic rings. The lowest BCUT2D eigenvalue weighted by atomic mass is 10.1. The lowest BCUT2D eigenvalue weighted by molar-refractivity contribution is 0.881. The molecule has 2 aromatic heterocycles. The van der Waals surface area contributed by atoms with E-state index in [1.54, 1.807) is 5.51 Å². The molecule has 3 rings (SSSR count). The molecule has 0 radical (unpaired) electrons. The molecule has 4 nitrogen and oxygen atoms in total. The summed E-state index contributed by atoms with van der Waals surface area (Å²) in [7, 11) is 0. The van der Waals surface area contributed by atoms with Gasteiger partial charge in [0, 0.05) is 0 Å². The molecule has 0 amide bonds. The summed E-state index contributed by atoms with van der Waals surface area (Å²) in [5.41, 5.74) is 3.01. The Hall–Kier alpha value is -1.66. The van der Waals surface area contributed by atoms with Gasteiger partial charge in [-0.05, 0) is 11.8 Å². The second-order valence-corrected chi connectivity index (χ2v) is 5.21. The van der Waals surface area contributed by atoms with Crippen molar-refractivity contribution in [3.63, 3.8) is 0 Å². The Balaban J connectivity index is 2.40. The first kappa shape index (κ1) is 11.4. The van der Waals surface area contributed by atoms with Gasteiger partial charge in [-0.25, -0.2) is 4.98 Å². The van der Waals surface area contributed by atoms with Crippen LogP contribution in [0.2, 0.25) is 0 Å². The highest BCUT2D eigenvalue weighted by Crippen LogP contribution is 2.26. The van der Waals surface area contributed by atoms with Crippen LogP contribution in [-0.2, 0) is 0 Å². The molecule has 0 unspecified atom stereocenters. The summed E-state index contributed by atoms with van der Waals surface area (Å²) in [5, 5.41) is 4.78. The third-order valence-electron chi connectivity index (χ3n) is 2.58. The van der Waals surface area contributed by atoms with Gasteiger partial charge < -0.3 is 0 Å². The van der Waals surface area contributed by atoms with Crippen LogP contribution in [0.15, 0.2) is 45.7 Å². The van der Waals surface area contributed by atoms with Crippen molar-refractivity contribution in [3.8, 4) is 11.1 Å². The molecule has 0 aliphatic heterocycles. The van der Waals surface area contributed by atoms with E-state index in [9.17, 15) is 4.79 Å². The molecule has 0 spiro atoms. The Morgan fingerprint density at radius 3 is 2.78 bits per heavy atom. The standard InChI is InChI=1S/C12H9N3OS2/c1-17-10-9(8-5-3-2-4-6-8)11(16)15-12(14-10)18-7-13-15/h2-7H,1H3. The maximum atomic E-state index is 12.4. The summed E-state index contributed by atoms with van der Waals surface area (Å²) in [4.78, 5) is 17.5. The van der Waals surface area contributed by atoms with E-state index in [0.29, 0.717) is 10.5 Å². The minimum atomic E-state index is -0.114. The molecule has 90 valence electrons. The summed E-state index contributed by atoms with van der Waals surface area (Å²) in [5.74, 6) is 0. The fourth-order valence-electron chi connectivity index (χ4n) is 1.77. The number of fused-ring (bicyclic) bond motifs is 1. The van der Waals surface area contributed by atoms with E-state index >= 15 is 0 Å². The quantitative estimate of drug-likeness (QED) is 0.532. The number of hydrogen-bond acceptors (Lipinski definition) is 5. The van der Waals surface area contributed by atoms with E-state index in [0.717, 1.165) is 10.6 Å². The van der Waals surface area contributed by atoms with Crippen molar-refractivity contribution in [1.82, 2.24) is 14.6 Å². The average Bonchev–Trinajstić information content (AvgIpc) is 2.88. The first-order valence-electron chi connectivity index (χ1n) is 5.27. The van der Waals surface area contributed by atoms with Gasteiger partial charge in [0.2, 0.25) is 4.96 Å². The molecular formula is C12H9N3OS2. The van der Waals surface area contributed by atoms with Crippen LogP contribution in [0.4, 0.5) is 0 Å². The number of aromatic nitrogens is 3. The van der Waals surface area contributed by atoms with Crippen LogP contribution in [0.25, 0.3) is 16.1 Å². The van der Waals surface area contributed by atoms with Crippen LogP contribution in [0, 0.1) is 0 Å². The Bertz CT molecular complexity index is 749. The summed E-state index contributed by atoms with van der Waals surface area (Å²) >= 11 is 2.84. The first-order valence-corrected chi connectivity index (χ1v) is 7.37. The molecule has 0 N–H and O–H groups in total. The summed E-state index contributed by atoms with van der Waals surface area (Å²) in [6.45, 7) is 0. The van der Waals surface area contributed by atoms with Crippen molar-refractivity contribution in [1.29, 1.82) is 0 Å². The highest BCUT2D eigenvalue weighted by atomic mass is 32.2. The minimum Gasteiger partial charge on any atom is -0.266 e. The van der Waals surface area contributed by atoms with E-state index < -0.39 is 0 Å². The molecule has 3 aromatic rings. The monoisotopic (exact) mass is 275 g/mol. The second kappa shape index (κ2) is 4.55. The number of hydrogen-bond donors (Lipinski definition) is 0. The van der Waals surface area contributed by atoms with Crippen molar-refractivity contribution < 1.29 is 0 Å². The summed E-state index contributed by atoms with van der Waals surface area (Å²) < 4.78 is 1.35. The van der Waals surface area contributed by atoms with E-state index in [1.807, 2.05) is 36.6 Å². The maximum absolute atomic E-state index is 12.4. The fraction of sp³-hybridized carbons (Fsp3) is 0.0833. The maximum Gasteiger partial charge on any atom is 0.284 e. The van der Waals surface area contributed by atoms with Crippen LogP contribution in [-0.4, -0.2) is 20.9 Å². The topological polar surface area (TPSA) is 47.3 Å². The molecule has 0 aliphatic carbocycles. The lowest BCUT2D eigenvalue weighted by Crippen LogP contribution is -2.18. The summed E-state index contributed by atoms with van der Waals surface area (Å²) in [6.07, 6.45) is 1.92. The molecule has 0 fully saturated rings. The van der Waals surface area contributed by atoms with Crippen molar-refractivity contribution in [2.75, 3.05) is 6.26 Å². The zero-order valence-corrected chi connectivity index (χ0v) is 11.2. The second-order valence-electron chi connectivity index (χ2n) is 3.60. The Kier molecular flexibility index (Phi) is 2.89. The van der Waals surface area contributed by atoms with Crippen molar-refractivity contribution in [3.05, 3.63) is 46.2 Å².